The van der Waals surface area contributed by atoms with Crippen molar-refractivity contribution in [2.45, 2.75) is 38.6 Å². The Morgan fingerprint density at radius 1 is 1.00 bits per heavy atom. The van der Waals surface area contributed by atoms with Gasteiger partial charge in [0.2, 0.25) is 11.8 Å². The fourth-order valence-corrected chi connectivity index (χ4v) is 4.87. The van der Waals surface area contributed by atoms with Gasteiger partial charge in [0.25, 0.3) is 0 Å². The van der Waals surface area contributed by atoms with Gasteiger partial charge in [0.05, 0.1) is 18.2 Å². The van der Waals surface area contributed by atoms with Crippen molar-refractivity contribution in [1.82, 2.24) is 10.2 Å². The van der Waals surface area contributed by atoms with E-state index in [4.69, 9.17) is 4.74 Å². The van der Waals surface area contributed by atoms with Gasteiger partial charge in [0, 0.05) is 18.0 Å². The van der Waals surface area contributed by atoms with Crippen molar-refractivity contribution in [2.24, 2.45) is 0 Å². The zero-order valence-corrected chi connectivity index (χ0v) is 21.5. The summed E-state index contributed by atoms with van der Waals surface area (Å²) < 4.78 is 19.9. The third-order valence-corrected chi connectivity index (χ3v) is 6.72. The molecule has 0 aliphatic carbocycles. The molecule has 196 valence electrons. The fourth-order valence-electron chi connectivity index (χ4n) is 4.87. The van der Waals surface area contributed by atoms with Gasteiger partial charge in [0.1, 0.15) is 12.4 Å². The number of nitrogens with one attached hydrogen (secondary N) is 1. The Morgan fingerprint density at radius 3 is 2.29 bits per heavy atom. The maximum absolute atomic E-state index is 14.7. The third kappa shape index (κ3) is 6.17. The van der Waals surface area contributed by atoms with Gasteiger partial charge in [-0.25, -0.2) is 9.18 Å². The maximum Gasteiger partial charge on any atom is 0.336 e. The zero-order chi connectivity index (χ0) is 27.1. The lowest BCUT2D eigenvalue weighted by Crippen LogP contribution is -2.45. The van der Waals surface area contributed by atoms with Crippen LogP contribution in [-0.4, -0.2) is 35.8 Å². The van der Waals surface area contributed by atoms with Gasteiger partial charge >= 0.3 is 5.97 Å². The third-order valence-electron chi connectivity index (χ3n) is 6.72. The van der Waals surface area contributed by atoms with Gasteiger partial charge in [-0.15, -0.1) is 0 Å². The molecule has 1 N–H and O–H groups in total. The van der Waals surface area contributed by atoms with Crippen LogP contribution in [0, 0.1) is 5.82 Å². The van der Waals surface area contributed by atoms with Crippen LogP contribution in [0.5, 0.6) is 0 Å². The van der Waals surface area contributed by atoms with Crippen LogP contribution in [0.2, 0.25) is 0 Å². The summed E-state index contributed by atoms with van der Waals surface area (Å²) in [5.74, 6) is -2.65. The van der Waals surface area contributed by atoms with Gasteiger partial charge in [-0.3, -0.25) is 9.59 Å². The Morgan fingerprint density at radius 2 is 1.63 bits per heavy atom. The number of nitrogens with zero attached hydrogens (tertiary/aromatic N) is 1. The van der Waals surface area contributed by atoms with Crippen LogP contribution >= 0.6 is 0 Å². The molecule has 4 rings (SSSR count). The number of carbonyl (C=O) groups excluding carboxylic acids is 3. The molecule has 2 atom stereocenters. The number of carbonyl (C=O) groups is 3. The molecule has 0 saturated heterocycles. The minimum Gasteiger partial charge on any atom is -0.463 e. The highest BCUT2D eigenvalue weighted by Crippen LogP contribution is 2.38. The van der Waals surface area contributed by atoms with Crippen LogP contribution in [0.1, 0.15) is 48.9 Å². The van der Waals surface area contributed by atoms with E-state index in [1.807, 2.05) is 60.7 Å². The Hall–Kier alpha value is -4.26. The second kappa shape index (κ2) is 12.3. The van der Waals surface area contributed by atoms with Crippen molar-refractivity contribution in [3.05, 3.63) is 119 Å². The van der Waals surface area contributed by atoms with Gasteiger partial charge in [-0.05, 0) is 43.0 Å². The largest absolute Gasteiger partial charge is 0.463 e. The monoisotopic (exact) mass is 514 g/mol. The van der Waals surface area contributed by atoms with Crippen molar-refractivity contribution in [2.75, 3.05) is 13.2 Å². The first-order valence-corrected chi connectivity index (χ1v) is 12.7. The lowest BCUT2D eigenvalue weighted by atomic mass is 9.83. The molecule has 1 heterocycles. The molecule has 7 heteroatoms. The van der Waals surface area contributed by atoms with E-state index in [9.17, 15) is 18.8 Å². The van der Waals surface area contributed by atoms with E-state index in [0.29, 0.717) is 12.1 Å². The molecule has 3 aromatic rings. The van der Waals surface area contributed by atoms with E-state index in [0.717, 1.165) is 11.1 Å². The first kappa shape index (κ1) is 26.8. The SMILES string of the molecule is CCOC(=O)C1=C(C)N(CC(=O)NC(Cc2ccccc2)c2ccccc2)C(=O)CC1c1ccccc1F. The van der Waals surface area contributed by atoms with Crippen molar-refractivity contribution in [3.8, 4) is 0 Å². The lowest BCUT2D eigenvalue weighted by Gasteiger charge is -2.34. The van der Waals surface area contributed by atoms with Crippen molar-refractivity contribution in [3.63, 3.8) is 0 Å². The van der Waals surface area contributed by atoms with Crippen LogP contribution in [-0.2, 0) is 25.5 Å². The molecule has 3 aromatic carbocycles. The van der Waals surface area contributed by atoms with E-state index in [1.165, 1.54) is 11.0 Å². The van der Waals surface area contributed by atoms with Crippen LogP contribution in [0.25, 0.3) is 0 Å². The molecular formula is C31H31FN2O4. The van der Waals surface area contributed by atoms with E-state index in [1.54, 1.807) is 32.0 Å². The number of hydrogen-bond acceptors (Lipinski definition) is 4. The predicted octanol–water partition coefficient (Wildman–Crippen LogP) is 5.08. The van der Waals surface area contributed by atoms with E-state index < -0.39 is 17.7 Å². The number of amides is 2. The minimum atomic E-state index is -0.794. The molecule has 2 amide bonds. The summed E-state index contributed by atoms with van der Waals surface area (Å²) in [6, 6.07) is 25.2. The Bertz CT molecular complexity index is 1320. The molecule has 0 fully saturated rings. The summed E-state index contributed by atoms with van der Waals surface area (Å²) in [6.45, 7) is 3.15. The lowest BCUT2D eigenvalue weighted by molar-refractivity contribution is -0.141. The number of halogens is 1. The summed E-state index contributed by atoms with van der Waals surface area (Å²) in [5, 5.41) is 3.06. The fraction of sp³-hybridized carbons (Fsp3) is 0.258. The molecule has 1 aliphatic rings. The maximum atomic E-state index is 14.7. The van der Waals surface area contributed by atoms with Crippen LogP contribution in [0.15, 0.2) is 96.2 Å². The molecule has 0 saturated carbocycles. The van der Waals surface area contributed by atoms with E-state index in [2.05, 4.69) is 5.32 Å². The quantitative estimate of drug-likeness (QED) is 0.404. The number of esters is 1. The first-order valence-electron chi connectivity index (χ1n) is 12.7. The second-order valence-electron chi connectivity index (χ2n) is 9.20. The second-order valence-corrected chi connectivity index (χ2v) is 9.20. The number of hydrogen-bond donors (Lipinski definition) is 1. The van der Waals surface area contributed by atoms with Crippen molar-refractivity contribution < 1.29 is 23.5 Å². The highest BCUT2D eigenvalue weighted by atomic mass is 19.1. The van der Waals surface area contributed by atoms with Gasteiger partial charge < -0.3 is 15.0 Å². The number of ether oxygens (including phenoxy) is 1. The smallest absolute Gasteiger partial charge is 0.336 e. The zero-order valence-electron chi connectivity index (χ0n) is 21.5. The molecule has 6 nitrogen and oxygen atoms in total. The molecule has 2 unspecified atom stereocenters. The summed E-state index contributed by atoms with van der Waals surface area (Å²) in [7, 11) is 0. The molecule has 0 spiro atoms. The van der Waals surface area contributed by atoms with Crippen molar-refractivity contribution in [1.29, 1.82) is 0 Å². The van der Waals surface area contributed by atoms with Gasteiger partial charge in [-0.1, -0.05) is 78.9 Å². The number of benzene rings is 3. The summed E-state index contributed by atoms with van der Waals surface area (Å²) in [5.41, 5.74) is 2.73. The number of rotatable bonds is 9. The number of allylic oxidation sites excluding steroid dienone is 1. The van der Waals surface area contributed by atoms with Crippen LogP contribution in [0.3, 0.4) is 0 Å². The molecule has 0 radical (unpaired) electrons. The van der Waals surface area contributed by atoms with Crippen LogP contribution in [0.4, 0.5) is 4.39 Å². The van der Waals surface area contributed by atoms with E-state index in [-0.39, 0.29) is 48.6 Å². The van der Waals surface area contributed by atoms with Crippen molar-refractivity contribution >= 4 is 17.8 Å². The predicted molar refractivity (Wildman–Crippen MR) is 142 cm³/mol. The Kier molecular flexibility index (Phi) is 8.69. The topological polar surface area (TPSA) is 75.7 Å². The summed E-state index contributed by atoms with van der Waals surface area (Å²) >= 11 is 0. The van der Waals surface area contributed by atoms with Gasteiger partial charge in [-0.2, -0.15) is 0 Å². The standard InChI is InChI=1S/C31H31FN2O4/c1-3-38-31(37)30-21(2)34(29(36)19-25(30)24-16-10-11-17-26(24)32)20-28(35)33-27(23-14-8-5-9-15-23)18-22-12-6-4-7-13-22/h4-17,25,27H,3,18-20H2,1-2H3,(H,33,35). The summed E-state index contributed by atoms with van der Waals surface area (Å²) in [6.07, 6.45) is 0.425. The van der Waals surface area contributed by atoms with Crippen LogP contribution < -0.4 is 5.32 Å². The highest BCUT2D eigenvalue weighted by Gasteiger charge is 2.38. The van der Waals surface area contributed by atoms with E-state index >= 15 is 0 Å². The molecule has 1 aliphatic heterocycles. The van der Waals surface area contributed by atoms with Gasteiger partial charge in [0.15, 0.2) is 0 Å². The molecular weight excluding hydrogens is 483 g/mol. The molecule has 38 heavy (non-hydrogen) atoms. The normalized spacial score (nSPS) is 16.2. The first-order chi connectivity index (χ1) is 18.4. The molecule has 0 bridgehead atoms. The Balaban J connectivity index is 1.60. The highest BCUT2D eigenvalue weighted by molar-refractivity contribution is 5.97. The molecule has 0 aromatic heterocycles. The minimum absolute atomic E-state index is 0.131. The average molecular weight is 515 g/mol. The Labute approximate surface area is 222 Å². The summed E-state index contributed by atoms with van der Waals surface area (Å²) in [4.78, 5) is 40.8. The average Bonchev–Trinajstić information content (AvgIpc) is 2.92.